The van der Waals surface area contributed by atoms with Gasteiger partial charge in [0.1, 0.15) is 5.75 Å². The number of amides is 2. The van der Waals surface area contributed by atoms with E-state index >= 15 is 0 Å². The van der Waals surface area contributed by atoms with Gasteiger partial charge in [-0.3, -0.25) is 9.59 Å². The smallest absolute Gasteiger partial charge is 0.264 e. The van der Waals surface area contributed by atoms with Crippen molar-refractivity contribution in [1.29, 1.82) is 0 Å². The Kier molecular flexibility index (Phi) is 4.81. The number of rotatable bonds is 3. The summed E-state index contributed by atoms with van der Waals surface area (Å²) in [6.07, 6.45) is 0. The van der Waals surface area contributed by atoms with Crippen LogP contribution in [0.15, 0.2) is 54.6 Å². The average molecular weight is 380 g/mol. The van der Waals surface area contributed by atoms with Crippen LogP contribution in [0.25, 0.3) is 10.1 Å². The molecule has 0 spiro atoms. The fraction of sp³-hybridized carbons (Fsp3) is 0.238. The number of nitrogens with zero attached hydrogens (tertiary/aromatic N) is 2. The first-order valence-electron chi connectivity index (χ1n) is 8.87. The summed E-state index contributed by atoms with van der Waals surface area (Å²) < 4.78 is 6.25. The van der Waals surface area contributed by atoms with Crippen LogP contribution in [0.5, 0.6) is 5.75 Å². The van der Waals surface area contributed by atoms with Gasteiger partial charge in [-0.1, -0.05) is 18.2 Å². The number of fused-ring (bicyclic) bond motifs is 1. The number of thiophene rings is 1. The van der Waals surface area contributed by atoms with Crippen LogP contribution < -0.4 is 4.74 Å². The minimum absolute atomic E-state index is 0.00776. The Morgan fingerprint density at radius 2 is 1.52 bits per heavy atom. The monoisotopic (exact) mass is 380 g/mol. The fourth-order valence-corrected chi connectivity index (χ4v) is 4.30. The molecule has 2 aromatic carbocycles. The summed E-state index contributed by atoms with van der Waals surface area (Å²) in [4.78, 5) is 29.8. The molecule has 1 fully saturated rings. The summed E-state index contributed by atoms with van der Waals surface area (Å²) >= 11 is 1.52. The number of ether oxygens (including phenoxy) is 1. The molecule has 0 bridgehead atoms. The number of carbonyl (C=O) groups is 2. The van der Waals surface area contributed by atoms with Gasteiger partial charge < -0.3 is 14.5 Å². The highest BCUT2D eigenvalue weighted by Gasteiger charge is 2.26. The number of hydrogen-bond acceptors (Lipinski definition) is 4. The molecule has 2 amide bonds. The zero-order chi connectivity index (χ0) is 18.8. The first kappa shape index (κ1) is 17.5. The molecule has 2 heterocycles. The van der Waals surface area contributed by atoms with E-state index in [1.165, 1.54) is 11.3 Å². The maximum atomic E-state index is 12.8. The highest BCUT2D eigenvalue weighted by Crippen LogP contribution is 2.26. The SMILES string of the molecule is COc1ccc(C(=O)N2CCN(C(=O)c3cc4ccccc4s3)CC2)cc1. The van der Waals surface area contributed by atoms with Gasteiger partial charge in [0.05, 0.1) is 12.0 Å². The zero-order valence-corrected chi connectivity index (χ0v) is 15.9. The highest BCUT2D eigenvalue weighted by atomic mass is 32.1. The van der Waals surface area contributed by atoms with Crippen molar-refractivity contribution >= 4 is 33.2 Å². The number of carbonyl (C=O) groups excluding carboxylic acids is 2. The molecule has 0 radical (unpaired) electrons. The molecule has 4 rings (SSSR count). The normalized spacial score (nSPS) is 14.4. The van der Waals surface area contributed by atoms with E-state index in [0.29, 0.717) is 31.7 Å². The van der Waals surface area contributed by atoms with Crippen molar-refractivity contribution in [3.63, 3.8) is 0 Å². The zero-order valence-electron chi connectivity index (χ0n) is 15.1. The van der Waals surface area contributed by atoms with E-state index in [-0.39, 0.29) is 11.8 Å². The Hall–Kier alpha value is -2.86. The standard InChI is InChI=1S/C21H20N2O3S/c1-26-17-8-6-15(7-9-17)20(24)22-10-12-23(13-11-22)21(25)19-14-16-4-2-3-5-18(16)27-19/h2-9,14H,10-13H2,1H3. The van der Waals surface area contributed by atoms with Crippen LogP contribution in [0.2, 0.25) is 0 Å². The van der Waals surface area contributed by atoms with Crippen LogP contribution in [0.4, 0.5) is 0 Å². The third kappa shape index (κ3) is 3.53. The van der Waals surface area contributed by atoms with Gasteiger partial charge in [-0.15, -0.1) is 11.3 Å². The van der Waals surface area contributed by atoms with E-state index in [2.05, 4.69) is 0 Å². The fourth-order valence-electron chi connectivity index (χ4n) is 3.27. The molecule has 0 aliphatic carbocycles. The summed E-state index contributed by atoms with van der Waals surface area (Å²) in [6.45, 7) is 2.19. The minimum Gasteiger partial charge on any atom is -0.497 e. The Bertz CT molecular complexity index is 940. The molecule has 0 unspecified atom stereocenters. The van der Waals surface area contributed by atoms with Gasteiger partial charge in [0, 0.05) is 36.4 Å². The van der Waals surface area contributed by atoms with Crippen LogP contribution >= 0.6 is 11.3 Å². The van der Waals surface area contributed by atoms with Gasteiger partial charge in [-0.05, 0) is 41.8 Å². The lowest BCUT2D eigenvalue weighted by Gasteiger charge is -2.34. The average Bonchev–Trinajstić information content (AvgIpc) is 3.17. The minimum atomic E-state index is -0.00776. The van der Waals surface area contributed by atoms with E-state index in [9.17, 15) is 9.59 Å². The van der Waals surface area contributed by atoms with Crippen molar-refractivity contribution in [2.45, 2.75) is 0 Å². The molecule has 1 aliphatic rings. The third-order valence-corrected chi connectivity index (χ3v) is 5.93. The van der Waals surface area contributed by atoms with Gasteiger partial charge in [0.2, 0.25) is 0 Å². The van der Waals surface area contributed by atoms with E-state index in [1.807, 2.05) is 35.2 Å². The molecule has 138 valence electrons. The Morgan fingerprint density at radius 1 is 0.889 bits per heavy atom. The third-order valence-electron chi connectivity index (χ3n) is 4.83. The van der Waals surface area contributed by atoms with Crippen molar-refractivity contribution in [1.82, 2.24) is 9.80 Å². The van der Waals surface area contributed by atoms with Crippen LogP contribution in [-0.2, 0) is 0 Å². The summed E-state index contributed by atoms with van der Waals surface area (Å²) in [7, 11) is 1.60. The molecule has 1 aromatic heterocycles. The first-order chi connectivity index (χ1) is 13.2. The molecular formula is C21H20N2O3S. The van der Waals surface area contributed by atoms with E-state index in [0.717, 1.165) is 20.7 Å². The van der Waals surface area contributed by atoms with Crippen LogP contribution in [-0.4, -0.2) is 54.9 Å². The van der Waals surface area contributed by atoms with Crippen molar-refractivity contribution in [3.05, 3.63) is 65.0 Å². The van der Waals surface area contributed by atoms with Crippen molar-refractivity contribution in [3.8, 4) is 5.75 Å². The molecule has 0 N–H and O–H groups in total. The largest absolute Gasteiger partial charge is 0.497 e. The molecule has 3 aromatic rings. The van der Waals surface area contributed by atoms with Crippen molar-refractivity contribution in [2.75, 3.05) is 33.3 Å². The summed E-state index contributed by atoms with van der Waals surface area (Å²) in [5.41, 5.74) is 0.639. The number of piperazine rings is 1. The lowest BCUT2D eigenvalue weighted by atomic mass is 10.1. The second-order valence-electron chi connectivity index (χ2n) is 6.46. The van der Waals surface area contributed by atoms with Gasteiger partial charge in [-0.2, -0.15) is 0 Å². The van der Waals surface area contributed by atoms with Crippen LogP contribution in [0, 0.1) is 0 Å². The first-order valence-corrected chi connectivity index (χ1v) is 9.68. The second kappa shape index (κ2) is 7.40. The topological polar surface area (TPSA) is 49.9 Å². The van der Waals surface area contributed by atoms with Crippen LogP contribution in [0.1, 0.15) is 20.0 Å². The molecule has 1 aliphatic heterocycles. The number of benzene rings is 2. The Morgan fingerprint density at radius 3 is 2.15 bits per heavy atom. The lowest BCUT2D eigenvalue weighted by molar-refractivity contribution is 0.0538. The summed E-state index contributed by atoms with van der Waals surface area (Å²) in [5, 5.41) is 1.10. The van der Waals surface area contributed by atoms with E-state index in [4.69, 9.17) is 4.74 Å². The number of hydrogen-bond donors (Lipinski definition) is 0. The number of methoxy groups -OCH3 is 1. The van der Waals surface area contributed by atoms with E-state index < -0.39 is 0 Å². The van der Waals surface area contributed by atoms with Gasteiger partial charge in [-0.25, -0.2) is 0 Å². The molecule has 5 nitrogen and oxygen atoms in total. The second-order valence-corrected chi connectivity index (χ2v) is 7.55. The summed E-state index contributed by atoms with van der Waals surface area (Å²) in [5.74, 6) is 0.768. The molecule has 27 heavy (non-hydrogen) atoms. The van der Waals surface area contributed by atoms with Gasteiger partial charge >= 0.3 is 0 Å². The predicted molar refractivity (Wildman–Crippen MR) is 107 cm³/mol. The molecule has 0 atom stereocenters. The lowest BCUT2D eigenvalue weighted by Crippen LogP contribution is -2.50. The van der Waals surface area contributed by atoms with Gasteiger partial charge in [0.15, 0.2) is 0 Å². The molecular weight excluding hydrogens is 360 g/mol. The van der Waals surface area contributed by atoms with E-state index in [1.54, 1.807) is 36.3 Å². The van der Waals surface area contributed by atoms with Crippen LogP contribution in [0.3, 0.4) is 0 Å². The maximum Gasteiger partial charge on any atom is 0.264 e. The Balaban J connectivity index is 1.40. The summed E-state index contributed by atoms with van der Waals surface area (Å²) in [6, 6.07) is 17.1. The molecule has 1 saturated heterocycles. The predicted octanol–water partition coefficient (Wildman–Crippen LogP) is 3.51. The maximum absolute atomic E-state index is 12.8. The molecule has 6 heteroatoms. The quantitative estimate of drug-likeness (QED) is 0.699. The molecule has 0 saturated carbocycles. The highest BCUT2D eigenvalue weighted by molar-refractivity contribution is 7.20. The van der Waals surface area contributed by atoms with Crippen molar-refractivity contribution in [2.24, 2.45) is 0 Å². The Labute approximate surface area is 161 Å². The van der Waals surface area contributed by atoms with Crippen molar-refractivity contribution < 1.29 is 14.3 Å². The van der Waals surface area contributed by atoms with Gasteiger partial charge in [0.25, 0.3) is 11.8 Å².